The molecule has 0 atom stereocenters. The molecule has 2 heteroatoms. The van der Waals surface area contributed by atoms with Crippen LogP contribution in [0.5, 0.6) is 0 Å². The monoisotopic (exact) mass is 252 g/mol. The van der Waals surface area contributed by atoms with Crippen LogP contribution in [0.4, 0.5) is 0 Å². The molecule has 0 radical (unpaired) electrons. The minimum absolute atomic E-state index is 0.336. The summed E-state index contributed by atoms with van der Waals surface area (Å²) in [6.07, 6.45) is 1.50. The summed E-state index contributed by atoms with van der Waals surface area (Å²) in [5.74, 6) is 1.75. The van der Waals surface area contributed by atoms with Crippen LogP contribution in [0.25, 0.3) is 0 Å². The molecule has 0 N–H and O–H groups in total. The third-order valence-electron chi connectivity index (χ3n) is 2.35. The summed E-state index contributed by atoms with van der Waals surface area (Å²) in [6, 6.07) is 8.86. The van der Waals surface area contributed by atoms with Gasteiger partial charge in [0.1, 0.15) is 0 Å². The fraction of sp³-hybridized carbons (Fsp3) is 0.600. The molecular formula is C15H24OS. The number of hydrogen-bond donors (Lipinski definition) is 0. The van der Waals surface area contributed by atoms with Gasteiger partial charge in [0.05, 0.1) is 12.7 Å². The zero-order chi connectivity index (χ0) is 12.7. The zero-order valence-corrected chi connectivity index (χ0v) is 12.2. The van der Waals surface area contributed by atoms with Gasteiger partial charge in [-0.2, -0.15) is 0 Å². The molecule has 0 fully saturated rings. The Morgan fingerprint density at radius 2 is 1.94 bits per heavy atom. The van der Waals surface area contributed by atoms with Crippen LogP contribution in [-0.4, -0.2) is 18.5 Å². The average molecular weight is 252 g/mol. The number of benzene rings is 1. The Hall–Kier alpha value is -0.470. The molecule has 96 valence electrons. The summed E-state index contributed by atoms with van der Waals surface area (Å²) in [6.45, 7) is 9.51. The molecule has 0 saturated heterocycles. The van der Waals surface area contributed by atoms with E-state index in [1.807, 2.05) is 11.8 Å². The molecule has 0 aliphatic rings. The topological polar surface area (TPSA) is 9.23 Å². The van der Waals surface area contributed by atoms with E-state index in [1.54, 1.807) is 0 Å². The van der Waals surface area contributed by atoms with E-state index in [-0.39, 0.29) is 0 Å². The highest BCUT2D eigenvalue weighted by molar-refractivity contribution is 7.99. The van der Waals surface area contributed by atoms with Gasteiger partial charge in [0.25, 0.3) is 0 Å². The van der Waals surface area contributed by atoms with Crippen molar-refractivity contribution in [3.8, 4) is 0 Å². The van der Waals surface area contributed by atoms with Crippen molar-refractivity contribution in [3.05, 3.63) is 29.8 Å². The number of rotatable bonds is 7. The van der Waals surface area contributed by atoms with Crippen LogP contribution in [0.3, 0.4) is 0 Å². The Kier molecular flexibility index (Phi) is 6.68. The fourth-order valence-electron chi connectivity index (χ4n) is 1.68. The predicted molar refractivity (Wildman–Crippen MR) is 76.8 cm³/mol. The van der Waals surface area contributed by atoms with Crippen LogP contribution in [-0.2, 0) is 11.2 Å². The average Bonchev–Trinajstić information content (AvgIpc) is 2.24. The molecule has 1 nitrogen and oxygen atoms in total. The number of thioether (sulfide) groups is 1. The Labute approximate surface area is 110 Å². The largest absolute Gasteiger partial charge is 0.378 e. The summed E-state index contributed by atoms with van der Waals surface area (Å²) in [5, 5.41) is 0. The SMILES string of the molecule is CC(C)Cc1cccc(SCCOC(C)C)c1. The van der Waals surface area contributed by atoms with Crippen molar-refractivity contribution in [3.63, 3.8) is 0 Å². The molecule has 0 aliphatic heterocycles. The maximum atomic E-state index is 5.54. The quantitative estimate of drug-likeness (QED) is 0.525. The van der Waals surface area contributed by atoms with Crippen LogP contribution < -0.4 is 0 Å². The highest BCUT2D eigenvalue weighted by Gasteiger charge is 2.00. The van der Waals surface area contributed by atoms with Crippen molar-refractivity contribution in [1.82, 2.24) is 0 Å². The molecule has 0 amide bonds. The molecule has 0 unspecified atom stereocenters. The standard InChI is InChI=1S/C15H24OS/c1-12(2)10-14-6-5-7-15(11-14)17-9-8-16-13(3)4/h5-7,11-13H,8-10H2,1-4H3. The lowest BCUT2D eigenvalue weighted by Crippen LogP contribution is -2.05. The van der Waals surface area contributed by atoms with Crippen molar-refractivity contribution < 1.29 is 4.74 Å². The summed E-state index contributed by atoms with van der Waals surface area (Å²) >= 11 is 1.88. The molecule has 1 aromatic rings. The number of hydrogen-bond acceptors (Lipinski definition) is 2. The van der Waals surface area contributed by atoms with Gasteiger partial charge in [-0.1, -0.05) is 26.0 Å². The Balaban J connectivity index is 2.37. The summed E-state index contributed by atoms with van der Waals surface area (Å²) in [5.41, 5.74) is 1.44. The summed E-state index contributed by atoms with van der Waals surface area (Å²) in [7, 11) is 0. The van der Waals surface area contributed by atoms with Crippen LogP contribution in [0.1, 0.15) is 33.3 Å². The van der Waals surface area contributed by atoms with E-state index in [1.165, 1.54) is 10.5 Å². The van der Waals surface area contributed by atoms with Gasteiger partial charge in [0, 0.05) is 10.6 Å². The first-order valence-corrected chi connectivity index (χ1v) is 7.40. The minimum atomic E-state index is 0.336. The zero-order valence-electron chi connectivity index (χ0n) is 11.4. The van der Waals surface area contributed by atoms with Crippen molar-refractivity contribution in [2.75, 3.05) is 12.4 Å². The van der Waals surface area contributed by atoms with Gasteiger partial charge in [0.15, 0.2) is 0 Å². The van der Waals surface area contributed by atoms with Crippen LogP contribution in [0.15, 0.2) is 29.2 Å². The van der Waals surface area contributed by atoms with Crippen molar-refractivity contribution in [1.29, 1.82) is 0 Å². The lowest BCUT2D eigenvalue weighted by molar-refractivity contribution is 0.0920. The van der Waals surface area contributed by atoms with Crippen LogP contribution >= 0.6 is 11.8 Å². The fourth-order valence-corrected chi connectivity index (χ4v) is 2.50. The van der Waals surface area contributed by atoms with Gasteiger partial charge in [-0.05, 0) is 43.9 Å². The van der Waals surface area contributed by atoms with E-state index in [0.29, 0.717) is 6.10 Å². The molecule has 17 heavy (non-hydrogen) atoms. The second-order valence-corrected chi connectivity index (χ2v) is 6.18. The molecule has 0 saturated carbocycles. The predicted octanol–water partition coefficient (Wildman–Crippen LogP) is 4.40. The highest BCUT2D eigenvalue weighted by atomic mass is 32.2. The van der Waals surface area contributed by atoms with E-state index in [4.69, 9.17) is 4.74 Å². The molecule has 1 aromatic carbocycles. The van der Waals surface area contributed by atoms with E-state index in [0.717, 1.165) is 24.7 Å². The second kappa shape index (κ2) is 7.78. The summed E-state index contributed by atoms with van der Waals surface area (Å²) < 4.78 is 5.54. The maximum absolute atomic E-state index is 5.54. The molecule has 0 spiro atoms. The van der Waals surface area contributed by atoms with E-state index in [9.17, 15) is 0 Å². The first-order valence-electron chi connectivity index (χ1n) is 6.41. The maximum Gasteiger partial charge on any atom is 0.0563 e. The first kappa shape index (κ1) is 14.6. The minimum Gasteiger partial charge on any atom is -0.378 e. The Morgan fingerprint density at radius 3 is 2.59 bits per heavy atom. The lowest BCUT2D eigenvalue weighted by atomic mass is 10.0. The van der Waals surface area contributed by atoms with Gasteiger partial charge in [-0.3, -0.25) is 0 Å². The van der Waals surface area contributed by atoms with Gasteiger partial charge in [-0.25, -0.2) is 0 Å². The van der Waals surface area contributed by atoms with Crippen molar-refractivity contribution >= 4 is 11.8 Å². The first-order chi connectivity index (χ1) is 8.08. The Bertz CT molecular complexity index is 320. The van der Waals surface area contributed by atoms with Crippen LogP contribution in [0.2, 0.25) is 0 Å². The third kappa shape index (κ3) is 6.75. The molecular weight excluding hydrogens is 228 g/mol. The molecule has 0 aliphatic carbocycles. The Morgan fingerprint density at radius 1 is 1.18 bits per heavy atom. The van der Waals surface area contributed by atoms with E-state index in [2.05, 4.69) is 52.0 Å². The lowest BCUT2D eigenvalue weighted by Gasteiger charge is -2.09. The van der Waals surface area contributed by atoms with Crippen molar-refractivity contribution in [2.45, 2.75) is 45.1 Å². The van der Waals surface area contributed by atoms with E-state index < -0.39 is 0 Å². The normalized spacial score (nSPS) is 11.4. The van der Waals surface area contributed by atoms with Gasteiger partial charge < -0.3 is 4.74 Å². The second-order valence-electron chi connectivity index (χ2n) is 5.01. The molecule has 1 rings (SSSR count). The molecule has 0 heterocycles. The third-order valence-corrected chi connectivity index (χ3v) is 3.30. The van der Waals surface area contributed by atoms with Gasteiger partial charge in [-0.15, -0.1) is 11.8 Å². The van der Waals surface area contributed by atoms with Crippen LogP contribution in [0, 0.1) is 5.92 Å². The van der Waals surface area contributed by atoms with Gasteiger partial charge in [0.2, 0.25) is 0 Å². The van der Waals surface area contributed by atoms with E-state index >= 15 is 0 Å². The van der Waals surface area contributed by atoms with Gasteiger partial charge >= 0.3 is 0 Å². The number of ether oxygens (including phenoxy) is 1. The summed E-state index contributed by atoms with van der Waals surface area (Å²) in [4.78, 5) is 1.36. The smallest absolute Gasteiger partial charge is 0.0563 e. The molecule has 0 bridgehead atoms. The van der Waals surface area contributed by atoms with Crippen molar-refractivity contribution in [2.24, 2.45) is 5.92 Å². The highest BCUT2D eigenvalue weighted by Crippen LogP contribution is 2.20. The molecule has 0 aromatic heterocycles.